The first-order valence-corrected chi connectivity index (χ1v) is 8.04. The molecule has 1 aliphatic rings. The molecule has 1 saturated heterocycles. The number of nitrogens with zero attached hydrogens (tertiary/aromatic N) is 1. The lowest BCUT2D eigenvalue weighted by molar-refractivity contribution is -0.130. The van der Waals surface area contributed by atoms with Crippen LogP contribution in [0.2, 0.25) is 0 Å². The fourth-order valence-corrected chi connectivity index (χ4v) is 3.63. The van der Waals surface area contributed by atoms with E-state index in [1.54, 1.807) is 11.3 Å². The summed E-state index contributed by atoms with van der Waals surface area (Å²) in [5.41, 5.74) is 0. The standard InChI is InChI=1S/C13H19BrN2OS/c1-10(11-4-5-12(14)18-11)15-7-6-13(17)16-8-2-3-9-16/h4-5,10,15H,2-3,6-9H2,1H3. The molecule has 0 bridgehead atoms. The van der Waals surface area contributed by atoms with Crippen LogP contribution >= 0.6 is 27.3 Å². The first kappa shape index (κ1) is 14.0. The predicted molar refractivity (Wildman–Crippen MR) is 78.9 cm³/mol. The first-order valence-electron chi connectivity index (χ1n) is 6.43. The van der Waals surface area contributed by atoms with Crippen molar-refractivity contribution in [2.75, 3.05) is 19.6 Å². The Bertz CT molecular complexity index is 401. The Hall–Kier alpha value is -0.390. The molecule has 1 N–H and O–H groups in total. The van der Waals surface area contributed by atoms with Crippen LogP contribution in [0.1, 0.15) is 37.1 Å². The third kappa shape index (κ3) is 3.80. The summed E-state index contributed by atoms with van der Waals surface area (Å²) in [7, 11) is 0. The number of hydrogen-bond acceptors (Lipinski definition) is 3. The van der Waals surface area contributed by atoms with Gasteiger partial charge >= 0.3 is 0 Å². The molecule has 2 rings (SSSR count). The van der Waals surface area contributed by atoms with Gasteiger partial charge in [0.15, 0.2) is 0 Å². The van der Waals surface area contributed by atoms with E-state index < -0.39 is 0 Å². The number of halogens is 1. The molecule has 1 aromatic rings. The molecule has 0 radical (unpaired) electrons. The number of rotatable bonds is 5. The number of likely N-dealkylation sites (tertiary alicyclic amines) is 1. The Morgan fingerprint density at radius 2 is 2.22 bits per heavy atom. The highest BCUT2D eigenvalue weighted by Gasteiger charge is 2.17. The second kappa shape index (κ2) is 6.68. The Kier molecular flexibility index (Phi) is 5.21. The average molecular weight is 331 g/mol. The number of carbonyl (C=O) groups is 1. The lowest BCUT2D eigenvalue weighted by atomic mass is 10.2. The zero-order chi connectivity index (χ0) is 13.0. The maximum atomic E-state index is 11.8. The molecule has 1 amide bonds. The molecule has 2 heterocycles. The Labute approximate surface area is 121 Å². The summed E-state index contributed by atoms with van der Waals surface area (Å²) in [4.78, 5) is 15.1. The van der Waals surface area contributed by atoms with Crippen molar-refractivity contribution in [1.82, 2.24) is 10.2 Å². The van der Waals surface area contributed by atoms with E-state index in [0.717, 1.165) is 23.4 Å². The van der Waals surface area contributed by atoms with Gasteiger partial charge in [0, 0.05) is 37.0 Å². The van der Waals surface area contributed by atoms with Crippen LogP contribution in [0.4, 0.5) is 0 Å². The summed E-state index contributed by atoms with van der Waals surface area (Å²) in [6, 6.07) is 4.50. The molecule has 1 aromatic heterocycles. The van der Waals surface area contributed by atoms with Gasteiger partial charge in [0.1, 0.15) is 0 Å². The van der Waals surface area contributed by atoms with Gasteiger partial charge in [-0.2, -0.15) is 0 Å². The van der Waals surface area contributed by atoms with Crippen molar-refractivity contribution < 1.29 is 4.79 Å². The van der Waals surface area contributed by atoms with Crippen molar-refractivity contribution in [2.24, 2.45) is 0 Å². The van der Waals surface area contributed by atoms with Gasteiger partial charge in [0.05, 0.1) is 3.79 Å². The van der Waals surface area contributed by atoms with Crippen molar-refractivity contribution in [3.63, 3.8) is 0 Å². The molecule has 0 aliphatic carbocycles. The fraction of sp³-hybridized carbons (Fsp3) is 0.615. The van der Waals surface area contributed by atoms with Gasteiger partial charge in [-0.25, -0.2) is 0 Å². The van der Waals surface area contributed by atoms with E-state index >= 15 is 0 Å². The number of amides is 1. The van der Waals surface area contributed by atoms with Gasteiger partial charge in [-0.3, -0.25) is 4.79 Å². The van der Waals surface area contributed by atoms with E-state index in [0.29, 0.717) is 18.4 Å². The van der Waals surface area contributed by atoms with Crippen molar-refractivity contribution in [3.8, 4) is 0 Å². The topological polar surface area (TPSA) is 32.3 Å². The number of hydrogen-bond donors (Lipinski definition) is 1. The monoisotopic (exact) mass is 330 g/mol. The van der Waals surface area contributed by atoms with Crippen molar-refractivity contribution in [1.29, 1.82) is 0 Å². The quantitative estimate of drug-likeness (QED) is 0.899. The van der Waals surface area contributed by atoms with Crippen LogP contribution in [0.25, 0.3) is 0 Å². The molecule has 1 atom stereocenters. The molecule has 1 unspecified atom stereocenters. The highest BCUT2D eigenvalue weighted by Crippen LogP contribution is 2.26. The molecular weight excluding hydrogens is 312 g/mol. The lowest BCUT2D eigenvalue weighted by Crippen LogP contribution is -2.31. The van der Waals surface area contributed by atoms with Gasteiger partial charge in [-0.05, 0) is 47.8 Å². The van der Waals surface area contributed by atoms with Gasteiger partial charge < -0.3 is 10.2 Å². The Balaban J connectivity index is 1.70. The van der Waals surface area contributed by atoms with Gasteiger partial charge in [0.25, 0.3) is 0 Å². The zero-order valence-corrected chi connectivity index (χ0v) is 13.0. The SMILES string of the molecule is CC(NCCC(=O)N1CCCC1)c1ccc(Br)s1. The number of nitrogens with one attached hydrogen (secondary N) is 1. The molecule has 5 heteroatoms. The summed E-state index contributed by atoms with van der Waals surface area (Å²) < 4.78 is 1.15. The van der Waals surface area contributed by atoms with E-state index in [1.807, 2.05) is 4.90 Å². The van der Waals surface area contributed by atoms with E-state index in [2.05, 4.69) is 40.3 Å². The summed E-state index contributed by atoms with van der Waals surface area (Å²) in [5.74, 6) is 0.291. The molecule has 0 aromatic carbocycles. The minimum atomic E-state index is 0.291. The molecular formula is C13H19BrN2OS. The van der Waals surface area contributed by atoms with Crippen LogP contribution < -0.4 is 5.32 Å². The number of carbonyl (C=O) groups excluding carboxylic acids is 1. The first-order chi connectivity index (χ1) is 8.66. The highest BCUT2D eigenvalue weighted by atomic mass is 79.9. The lowest BCUT2D eigenvalue weighted by Gasteiger charge is -2.16. The number of thiophene rings is 1. The van der Waals surface area contributed by atoms with Crippen LogP contribution in [0.5, 0.6) is 0 Å². The maximum absolute atomic E-state index is 11.8. The van der Waals surface area contributed by atoms with Crippen LogP contribution in [-0.4, -0.2) is 30.4 Å². The van der Waals surface area contributed by atoms with Crippen LogP contribution in [0.3, 0.4) is 0 Å². The third-order valence-corrected chi connectivity index (χ3v) is 5.08. The minimum absolute atomic E-state index is 0.291. The highest BCUT2D eigenvalue weighted by molar-refractivity contribution is 9.11. The van der Waals surface area contributed by atoms with Crippen molar-refractivity contribution in [2.45, 2.75) is 32.2 Å². The second-order valence-electron chi connectivity index (χ2n) is 4.66. The van der Waals surface area contributed by atoms with Crippen LogP contribution in [0.15, 0.2) is 15.9 Å². The van der Waals surface area contributed by atoms with E-state index in [-0.39, 0.29) is 0 Å². The van der Waals surface area contributed by atoms with Crippen LogP contribution in [-0.2, 0) is 4.79 Å². The minimum Gasteiger partial charge on any atom is -0.343 e. The van der Waals surface area contributed by atoms with E-state index in [4.69, 9.17) is 0 Å². The van der Waals surface area contributed by atoms with Gasteiger partial charge in [0.2, 0.25) is 5.91 Å². The zero-order valence-electron chi connectivity index (χ0n) is 10.6. The van der Waals surface area contributed by atoms with E-state index in [1.165, 1.54) is 17.7 Å². The Morgan fingerprint density at radius 1 is 1.50 bits per heavy atom. The van der Waals surface area contributed by atoms with Crippen molar-refractivity contribution in [3.05, 3.63) is 20.8 Å². The predicted octanol–water partition coefficient (Wildman–Crippen LogP) is 3.17. The van der Waals surface area contributed by atoms with E-state index in [9.17, 15) is 4.79 Å². The summed E-state index contributed by atoms with van der Waals surface area (Å²) in [6.07, 6.45) is 2.94. The third-order valence-electron chi connectivity index (χ3n) is 3.27. The molecule has 100 valence electrons. The smallest absolute Gasteiger partial charge is 0.223 e. The second-order valence-corrected chi connectivity index (χ2v) is 7.15. The molecule has 1 fully saturated rings. The summed E-state index contributed by atoms with van der Waals surface area (Å²) in [5, 5.41) is 3.41. The molecule has 1 aliphatic heterocycles. The average Bonchev–Trinajstić information content (AvgIpc) is 2.99. The molecule has 18 heavy (non-hydrogen) atoms. The normalized spacial score (nSPS) is 17.1. The van der Waals surface area contributed by atoms with Crippen molar-refractivity contribution >= 4 is 33.2 Å². The largest absolute Gasteiger partial charge is 0.343 e. The molecule has 0 saturated carbocycles. The Morgan fingerprint density at radius 3 is 2.83 bits per heavy atom. The molecule has 3 nitrogen and oxygen atoms in total. The van der Waals surface area contributed by atoms with Gasteiger partial charge in [-0.15, -0.1) is 11.3 Å². The van der Waals surface area contributed by atoms with Crippen LogP contribution in [0, 0.1) is 0 Å². The molecule has 0 spiro atoms. The summed E-state index contributed by atoms with van der Waals surface area (Å²) in [6.45, 7) is 4.79. The summed E-state index contributed by atoms with van der Waals surface area (Å²) >= 11 is 5.21. The fourth-order valence-electron chi connectivity index (χ4n) is 2.18. The maximum Gasteiger partial charge on any atom is 0.223 e. The van der Waals surface area contributed by atoms with Gasteiger partial charge in [-0.1, -0.05) is 0 Å².